The number of hydrogen-bond acceptors (Lipinski definition) is 7. The first kappa shape index (κ1) is 16.6. The molecule has 3 fully saturated rings. The van der Waals surface area contributed by atoms with E-state index in [2.05, 4.69) is 37.4 Å². The van der Waals surface area contributed by atoms with E-state index in [-0.39, 0.29) is 0 Å². The lowest BCUT2D eigenvalue weighted by atomic mass is 9.91. The zero-order chi connectivity index (χ0) is 19.4. The molecular weight excluding hydrogens is 364 g/mol. The maximum atomic E-state index is 4.75. The number of benzene rings is 1. The molecule has 144 valence electrons. The number of aromatic nitrogens is 6. The van der Waals surface area contributed by atoms with Gasteiger partial charge in [-0.3, -0.25) is 9.67 Å². The standard InChI is InChI=1S/C21H20N8/c1-28-9-14(5-26-28)13-2-17(18-6-22-12-25-19(18)3-13)20-7-24-21(8-23-20)29-10-15-4-16(11-29)27-15/h2-3,5-9,12,15-16,27H,4,10-11H2,1H3. The van der Waals surface area contributed by atoms with Gasteiger partial charge in [-0.25, -0.2) is 15.0 Å². The van der Waals surface area contributed by atoms with Gasteiger partial charge in [-0.2, -0.15) is 5.10 Å². The van der Waals surface area contributed by atoms with Crippen molar-refractivity contribution < 1.29 is 0 Å². The maximum absolute atomic E-state index is 4.75. The van der Waals surface area contributed by atoms with Gasteiger partial charge < -0.3 is 10.2 Å². The fourth-order valence-electron chi connectivity index (χ4n) is 4.36. The normalized spacial score (nSPS) is 20.7. The number of nitrogens with one attached hydrogen (secondary N) is 1. The summed E-state index contributed by atoms with van der Waals surface area (Å²) in [6.07, 6.45) is 12.3. The number of piperazine rings is 1. The Morgan fingerprint density at radius 2 is 1.83 bits per heavy atom. The first-order valence-electron chi connectivity index (χ1n) is 9.79. The van der Waals surface area contributed by atoms with Crippen LogP contribution in [0.3, 0.4) is 0 Å². The highest BCUT2D eigenvalue weighted by Crippen LogP contribution is 2.32. The molecule has 1 aromatic carbocycles. The van der Waals surface area contributed by atoms with Crippen LogP contribution < -0.4 is 10.2 Å². The lowest BCUT2D eigenvalue weighted by Gasteiger charge is -2.48. The van der Waals surface area contributed by atoms with Crippen LogP contribution in [0.25, 0.3) is 33.3 Å². The third-order valence-corrected chi connectivity index (χ3v) is 5.82. The molecule has 8 nitrogen and oxygen atoms in total. The first-order chi connectivity index (χ1) is 14.2. The second kappa shape index (κ2) is 6.31. The molecule has 3 aliphatic heterocycles. The van der Waals surface area contributed by atoms with Gasteiger partial charge in [0.15, 0.2) is 0 Å². The van der Waals surface area contributed by atoms with Crippen LogP contribution in [-0.4, -0.2) is 54.9 Å². The molecule has 4 aromatic rings. The fraction of sp³-hybridized carbons (Fsp3) is 0.286. The van der Waals surface area contributed by atoms with E-state index in [1.807, 2.05) is 38.0 Å². The lowest BCUT2D eigenvalue weighted by Crippen LogP contribution is -2.67. The molecule has 0 spiro atoms. The molecule has 2 atom stereocenters. The summed E-state index contributed by atoms with van der Waals surface area (Å²) in [6.45, 7) is 2.00. The first-order valence-corrected chi connectivity index (χ1v) is 9.79. The lowest BCUT2D eigenvalue weighted by molar-refractivity contribution is 0.225. The van der Waals surface area contributed by atoms with Crippen LogP contribution in [-0.2, 0) is 7.05 Å². The van der Waals surface area contributed by atoms with E-state index >= 15 is 0 Å². The van der Waals surface area contributed by atoms with Gasteiger partial charge in [-0.05, 0) is 24.1 Å². The van der Waals surface area contributed by atoms with Crippen molar-refractivity contribution in [3.8, 4) is 22.4 Å². The Hall–Kier alpha value is -3.39. The van der Waals surface area contributed by atoms with Crippen molar-refractivity contribution >= 4 is 16.7 Å². The summed E-state index contributed by atoms with van der Waals surface area (Å²) in [5.41, 5.74) is 4.76. The van der Waals surface area contributed by atoms with Crippen molar-refractivity contribution in [2.24, 2.45) is 7.05 Å². The van der Waals surface area contributed by atoms with E-state index in [1.165, 1.54) is 6.42 Å². The van der Waals surface area contributed by atoms with Gasteiger partial charge in [0.1, 0.15) is 12.1 Å². The van der Waals surface area contributed by atoms with Gasteiger partial charge in [0.25, 0.3) is 0 Å². The molecule has 3 aromatic heterocycles. The van der Waals surface area contributed by atoms with Crippen LogP contribution in [0.4, 0.5) is 5.82 Å². The molecular formula is C21H20N8. The minimum Gasteiger partial charge on any atom is -0.352 e. The highest BCUT2D eigenvalue weighted by atomic mass is 15.3. The zero-order valence-corrected chi connectivity index (χ0v) is 16.0. The molecule has 8 heteroatoms. The van der Waals surface area contributed by atoms with Crippen molar-refractivity contribution in [2.75, 3.05) is 18.0 Å². The third-order valence-electron chi connectivity index (χ3n) is 5.82. The average molecular weight is 384 g/mol. The molecule has 3 aliphatic rings. The molecule has 2 bridgehead atoms. The van der Waals surface area contributed by atoms with E-state index in [0.717, 1.165) is 52.2 Å². The van der Waals surface area contributed by atoms with Gasteiger partial charge in [0.2, 0.25) is 0 Å². The molecule has 0 saturated carbocycles. The highest BCUT2D eigenvalue weighted by molar-refractivity contribution is 5.96. The summed E-state index contributed by atoms with van der Waals surface area (Å²) in [7, 11) is 1.91. The SMILES string of the molecule is Cn1cc(-c2cc(-c3cnc(N4CC5CC(C4)N5)cn3)c3cncnc3c2)cn1. The Morgan fingerprint density at radius 3 is 2.55 bits per heavy atom. The van der Waals surface area contributed by atoms with E-state index in [1.54, 1.807) is 11.0 Å². The van der Waals surface area contributed by atoms with Gasteiger partial charge >= 0.3 is 0 Å². The van der Waals surface area contributed by atoms with Crippen molar-refractivity contribution in [1.29, 1.82) is 0 Å². The Balaban J connectivity index is 1.41. The van der Waals surface area contributed by atoms with Crippen molar-refractivity contribution in [3.05, 3.63) is 49.4 Å². The van der Waals surface area contributed by atoms with Crippen molar-refractivity contribution in [1.82, 2.24) is 35.0 Å². The Morgan fingerprint density at radius 1 is 0.966 bits per heavy atom. The highest BCUT2D eigenvalue weighted by Gasteiger charge is 2.36. The van der Waals surface area contributed by atoms with Gasteiger partial charge in [0, 0.05) is 61.1 Å². The number of nitrogens with zero attached hydrogens (tertiary/aromatic N) is 7. The predicted molar refractivity (Wildman–Crippen MR) is 110 cm³/mol. The number of hydrogen-bond donors (Lipinski definition) is 1. The molecule has 2 unspecified atom stereocenters. The van der Waals surface area contributed by atoms with Crippen molar-refractivity contribution in [3.63, 3.8) is 0 Å². The van der Waals surface area contributed by atoms with E-state index < -0.39 is 0 Å². The third kappa shape index (κ3) is 2.84. The average Bonchev–Trinajstić information content (AvgIpc) is 3.19. The fourth-order valence-corrected chi connectivity index (χ4v) is 4.36. The molecule has 0 aliphatic carbocycles. The van der Waals surface area contributed by atoms with Crippen LogP contribution in [0.2, 0.25) is 0 Å². The second-order valence-corrected chi connectivity index (χ2v) is 7.84. The van der Waals surface area contributed by atoms with Crippen LogP contribution >= 0.6 is 0 Å². The van der Waals surface area contributed by atoms with Crippen LogP contribution in [0.15, 0.2) is 49.4 Å². The monoisotopic (exact) mass is 384 g/mol. The Bertz CT molecular complexity index is 1180. The van der Waals surface area contributed by atoms with Crippen molar-refractivity contribution in [2.45, 2.75) is 18.5 Å². The smallest absolute Gasteiger partial charge is 0.147 e. The van der Waals surface area contributed by atoms with Gasteiger partial charge in [-0.1, -0.05) is 0 Å². The number of fused-ring (bicyclic) bond motifs is 3. The summed E-state index contributed by atoms with van der Waals surface area (Å²) in [6, 6.07) is 5.36. The molecule has 6 heterocycles. The Labute approximate surface area is 167 Å². The maximum Gasteiger partial charge on any atom is 0.147 e. The van der Waals surface area contributed by atoms with Gasteiger partial charge in [0.05, 0.1) is 29.8 Å². The number of anilines is 1. The topological polar surface area (TPSA) is 84.7 Å². The van der Waals surface area contributed by atoms with E-state index in [0.29, 0.717) is 12.1 Å². The molecule has 3 saturated heterocycles. The zero-order valence-electron chi connectivity index (χ0n) is 16.0. The molecule has 7 rings (SSSR count). The number of piperidine rings is 1. The largest absolute Gasteiger partial charge is 0.352 e. The predicted octanol–water partition coefficient (Wildman–Crippen LogP) is 2.04. The van der Waals surface area contributed by atoms with E-state index in [4.69, 9.17) is 9.97 Å². The second-order valence-electron chi connectivity index (χ2n) is 7.84. The summed E-state index contributed by atoms with van der Waals surface area (Å²) in [4.78, 5) is 20.5. The minimum absolute atomic E-state index is 0.590. The summed E-state index contributed by atoms with van der Waals surface area (Å²) < 4.78 is 1.80. The minimum atomic E-state index is 0.590. The quantitative estimate of drug-likeness (QED) is 0.579. The van der Waals surface area contributed by atoms with E-state index in [9.17, 15) is 0 Å². The molecule has 0 amide bonds. The summed E-state index contributed by atoms with van der Waals surface area (Å²) >= 11 is 0. The molecule has 1 N–H and O–H groups in total. The molecule has 0 radical (unpaired) electrons. The van der Waals surface area contributed by atoms with Crippen LogP contribution in [0.5, 0.6) is 0 Å². The van der Waals surface area contributed by atoms with Crippen LogP contribution in [0, 0.1) is 0 Å². The summed E-state index contributed by atoms with van der Waals surface area (Å²) in [5, 5.41) is 8.81. The summed E-state index contributed by atoms with van der Waals surface area (Å²) in [5.74, 6) is 0.939. The van der Waals surface area contributed by atoms with Crippen LogP contribution in [0.1, 0.15) is 6.42 Å². The number of aryl methyl sites for hydroxylation is 1. The Kier molecular flexibility index (Phi) is 3.60. The number of rotatable bonds is 3. The van der Waals surface area contributed by atoms with Gasteiger partial charge in [-0.15, -0.1) is 0 Å². The molecule has 29 heavy (non-hydrogen) atoms.